The Morgan fingerprint density at radius 1 is 0.912 bits per heavy atom. The Balaban J connectivity index is 1.55. The lowest BCUT2D eigenvalue weighted by Crippen LogP contribution is -2.32. The molecule has 0 atom stereocenters. The van der Waals surface area contributed by atoms with Crippen molar-refractivity contribution in [3.8, 4) is 0 Å². The van der Waals surface area contributed by atoms with E-state index in [-0.39, 0.29) is 11.6 Å². The second-order valence-electron chi connectivity index (χ2n) is 7.85. The molecule has 0 aliphatic rings. The fourth-order valence-corrected chi connectivity index (χ4v) is 3.40. The van der Waals surface area contributed by atoms with Crippen molar-refractivity contribution in [1.29, 1.82) is 0 Å². The van der Waals surface area contributed by atoms with E-state index in [1.54, 1.807) is 36.6 Å². The highest BCUT2D eigenvalue weighted by Gasteiger charge is 2.14. The summed E-state index contributed by atoms with van der Waals surface area (Å²) >= 11 is 0. The highest BCUT2D eigenvalue weighted by Crippen LogP contribution is 2.16. The molecule has 1 aromatic heterocycles. The first-order valence-electron chi connectivity index (χ1n) is 10.8. The quantitative estimate of drug-likeness (QED) is 0.224. The van der Waals surface area contributed by atoms with E-state index in [9.17, 15) is 9.59 Å². The molecule has 0 saturated carbocycles. The molecule has 7 heteroatoms. The first-order chi connectivity index (χ1) is 16.5. The molecule has 2 amide bonds. The first-order valence-corrected chi connectivity index (χ1v) is 10.8. The minimum absolute atomic E-state index is 0.0857. The first kappa shape index (κ1) is 22.5. The molecule has 170 valence electrons. The van der Waals surface area contributed by atoms with E-state index in [1.165, 1.54) is 0 Å². The summed E-state index contributed by atoms with van der Waals surface area (Å²) in [5, 5.41) is 7.81. The summed E-state index contributed by atoms with van der Waals surface area (Å²) in [6, 6.07) is 24.2. The highest BCUT2D eigenvalue weighted by atomic mass is 16.2. The fourth-order valence-electron chi connectivity index (χ4n) is 3.40. The molecule has 4 rings (SSSR count). The van der Waals surface area contributed by atoms with Crippen molar-refractivity contribution in [1.82, 2.24) is 15.7 Å². The maximum atomic E-state index is 13.0. The number of hydrazone groups is 1. The predicted molar refractivity (Wildman–Crippen MR) is 137 cm³/mol. The van der Waals surface area contributed by atoms with Crippen molar-refractivity contribution in [3.05, 3.63) is 107 Å². The average Bonchev–Trinajstić information content (AvgIpc) is 3.27. The lowest BCUT2D eigenvalue weighted by molar-refractivity contribution is -0.117. The lowest BCUT2D eigenvalue weighted by atomic mass is 10.1. The average molecular weight is 452 g/mol. The molecule has 4 aromatic rings. The third kappa shape index (κ3) is 5.39. The van der Waals surface area contributed by atoms with Crippen LogP contribution in [0.25, 0.3) is 17.0 Å². The second-order valence-corrected chi connectivity index (χ2v) is 7.85. The van der Waals surface area contributed by atoms with Crippen LogP contribution in [-0.2, 0) is 4.79 Å². The molecule has 0 aliphatic carbocycles. The van der Waals surface area contributed by atoms with Gasteiger partial charge in [0, 0.05) is 48.0 Å². The smallest absolute Gasteiger partial charge is 0.287 e. The van der Waals surface area contributed by atoms with Crippen LogP contribution in [0.15, 0.2) is 95.9 Å². The molecular formula is C27H25N5O2. The van der Waals surface area contributed by atoms with E-state index < -0.39 is 5.91 Å². The summed E-state index contributed by atoms with van der Waals surface area (Å²) in [6.07, 6.45) is 5.01. The van der Waals surface area contributed by atoms with Gasteiger partial charge in [0.05, 0.1) is 6.21 Å². The molecule has 7 nitrogen and oxygen atoms in total. The largest absolute Gasteiger partial charge is 0.378 e. The number of amides is 2. The van der Waals surface area contributed by atoms with Gasteiger partial charge in [0.25, 0.3) is 11.8 Å². The summed E-state index contributed by atoms with van der Waals surface area (Å²) in [5.41, 5.74) is 6.67. The zero-order valence-corrected chi connectivity index (χ0v) is 18.9. The number of rotatable bonds is 7. The second kappa shape index (κ2) is 10.3. The number of hydrogen-bond donors (Lipinski definition) is 3. The van der Waals surface area contributed by atoms with Crippen molar-refractivity contribution in [2.45, 2.75) is 0 Å². The van der Waals surface area contributed by atoms with Gasteiger partial charge in [0.2, 0.25) is 0 Å². The van der Waals surface area contributed by atoms with Crippen molar-refractivity contribution in [3.63, 3.8) is 0 Å². The molecule has 0 aliphatic heterocycles. The Labute approximate surface area is 197 Å². The molecule has 0 bridgehead atoms. The monoisotopic (exact) mass is 451 g/mol. The van der Waals surface area contributed by atoms with E-state index >= 15 is 0 Å². The van der Waals surface area contributed by atoms with Gasteiger partial charge in [-0.25, -0.2) is 5.43 Å². The zero-order chi connectivity index (χ0) is 23.9. The Morgan fingerprint density at radius 2 is 1.62 bits per heavy atom. The fraction of sp³-hybridized carbons (Fsp3) is 0.0741. The molecule has 0 saturated heterocycles. The maximum Gasteiger partial charge on any atom is 0.287 e. The van der Waals surface area contributed by atoms with Gasteiger partial charge >= 0.3 is 0 Å². The van der Waals surface area contributed by atoms with Crippen LogP contribution in [0.2, 0.25) is 0 Å². The van der Waals surface area contributed by atoms with E-state index in [1.807, 2.05) is 79.8 Å². The number of para-hydroxylation sites is 1. The number of anilines is 1. The Bertz CT molecular complexity index is 1350. The van der Waals surface area contributed by atoms with Crippen LogP contribution in [0, 0.1) is 0 Å². The minimum atomic E-state index is -0.531. The summed E-state index contributed by atoms with van der Waals surface area (Å²) < 4.78 is 0. The van der Waals surface area contributed by atoms with Gasteiger partial charge in [-0.05, 0) is 42.0 Å². The van der Waals surface area contributed by atoms with Gasteiger partial charge in [-0.1, -0.05) is 48.5 Å². The minimum Gasteiger partial charge on any atom is -0.378 e. The Kier molecular flexibility index (Phi) is 6.84. The van der Waals surface area contributed by atoms with E-state index in [2.05, 4.69) is 20.8 Å². The Morgan fingerprint density at radius 3 is 2.35 bits per heavy atom. The number of carbonyl (C=O) groups excluding carboxylic acids is 2. The van der Waals surface area contributed by atoms with Crippen LogP contribution >= 0.6 is 0 Å². The van der Waals surface area contributed by atoms with Gasteiger partial charge in [-0.3, -0.25) is 9.59 Å². The van der Waals surface area contributed by atoms with Crippen LogP contribution in [-0.4, -0.2) is 37.1 Å². The molecule has 0 radical (unpaired) electrons. The van der Waals surface area contributed by atoms with Crippen molar-refractivity contribution < 1.29 is 9.59 Å². The molecule has 0 spiro atoms. The normalized spacial score (nSPS) is 11.5. The molecule has 1 heterocycles. The van der Waals surface area contributed by atoms with Gasteiger partial charge in [0.15, 0.2) is 0 Å². The standard InChI is InChI=1S/C27H25N5O2/c1-32(2)22-14-12-19(13-15-22)16-25(30-26(33)20-8-4-3-5-9-20)27(34)31-29-18-21-17-28-24-11-7-6-10-23(21)24/h3-18,28H,1-2H3,(H,30,33)(H,31,34). The van der Waals surface area contributed by atoms with Crippen molar-refractivity contribution >= 4 is 40.7 Å². The number of fused-ring (bicyclic) bond motifs is 1. The highest BCUT2D eigenvalue weighted by molar-refractivity contribution is 6.06. The number of aromatic amines is 1. The third-order valence-corrected chi connectivity index (χ3v) is 5.24. The van der Waals surface area contributed by atoms with Crippen LogP contribution < -0.4 is 15.6 Å². The summed E-state index contributed by atoms with van der Waals surface area (Å²) in [7, 11) is 3.91. The summed E-state index contributed by atoms with van der Waals surface area (Å²) in [6.45, 7) is 0. The van der Waals surface area contributed by atoms with E-state index in [0.717, 1.165) is 27.7 Å². The van der Waals surface area contributed by atoms with Crippen LogP contribution in [0.3, 0.4) is 0 Å². The van der Waals surface area contributed by atoms with E-state index in [4.69, 9.17) is 0 Å². The van der Waals surface area contributed by atoms with Crippen LogP contribution in [0.5, 0.6) is 0 Å². The van der Waals surface area contributed by atoms with Gasteiger partial charge < -0.3 is 15.2 Å². The number of hydrogen-bond acceptors (Lipinski definition) is 4. The topological polar surface area (TPSA) is 89.6 Å². The van der Waals surface area contributed by atoms with Crippen LogP contribution in [0.4, 0.5) is 5.69 Å². The zero-order valence-electron chi connectivity index (χ0n) is 18.9. The molecule has 0 unspecified atom stereocenters. The summed E-state index contributed by atoms with van der Waals surface area (Å²) in [5.74, 6) is -0.912. The molecule has 34 heavy (non-hydrogen) atoms. The third-order valence-electron chi connectivity index (χ3n) is 5.24. The Hall–Kier alpha value is -4.65. The SMILES string of the molecule is CN(C)c1ccc(C=C(NC(=O)c2ccccc2)C(=O)NN=Cc2c[nH]c3ccccc23)cc1. The number of aromatic nitrogens is 1. The number of H-pyrrole nitrogens is 1. The van der Waals surface area contributed by atoms with Crippen molar-refractivity contribution in [2.75, 3.05) is 19.0 Å². The van der Waals surface area contributed by atoms with Gasteiger partial charge in [0.1, 0.15) is 5.70 Å². The summed E-state index contributed by atoms with van der Waals surface area (Å²) in [4.78, 5) is 30.8. The number of carbonyl (C=O) groups is 2. The molecule has 3 N–H and O–H groups in total. The number of benzene rings is 3. The van der Waals surface area contributed by atoms with E-state index in [0.29, 0.717) is 5.56 Å². The molecule has 3 aromatic carbocycles. The van der Waals surface area contributed by atoms with Gasteiger partial charge in [-0.15, -0.1) is 0 Å². The molecular weight excluding hydrogens is 426 g/mol. The van der Waals surface area contributed by atoms with Crippen LogP contribution in [0.1, 0.15) is 21.5 Å². The van der Waals surface area contributed by atoms with Gasteiger partial charge in [-0.2, -0.15) is 5.10 Å². The molecule has 0 fully saturated rings. The maximum absolute atomic E-state index is 13.0. The number of nitrogens with one attached hydrogen (secondary N) is 3. The lowest BCUT2D eigenvalue weighted by Gasteiger charge is -2.12. The number of nitrogens with zero attached hydrogens (tertiary/aromatic N) is 2. The predicted octanol–water partition coefficient (Wildman–Crippen LogP) is 4.16. The van der Waals surface area contributed by atoms with Crippen molar-refractivity contribution in [2.24, 2.45) is 5.10 Å².